The van der Waals surface area contributed by atoms with Crippen molar-refractivity contribution >= 4 is 23.5 Å². The molecule has 1 amide bonds. The summed E-state index contributed by atoms with van der Waals surface area (Å²) in [6.07, 6.45) is 0. The first-order valence-corrected chi connectivity index (χ1v) is 8.52. The molecule has 0 spiro atoms. The summed E-state index contributed by atoms with van der Waals surface area (Å²) in [6, 6.07) is 11.3. The number of likely N-dealkylation sites (N-methyl/N-ethyl adjacent to an activating group) is 1. The molecule has 0 radical (unpaired) electrons. The number of carbonyl (C=O) groups is 2. The lowest BCUT2D eigenvalue weighted by Gasteiger charge is -2.22. The second kappa shape index (κ2) is 9.31. The molecule has 0 aromatic heterocycles. The van der Waals surface area contributed by atoms with Gasteiger partial charge < -0.3 is 10.4 Å². The number of aliphatic carboxylic acids is 1. The van der Waals surface area contributed by atoms with Gasteiger partial charge in [-0.15, -0.1) is 0 Å². The predicted octanol–water partition coefficient (Wildman–Crippen LogP) is 3.24. The second-order valence-electron chi connectivity index (χ2n) is 5.79. The fourth-order valence-corrected chi connectivity index (χ4v) is 2.64. The van der Waals surface area contributed by atoms with Crippen molar-refractivity contribution in [2.24, 2.45) is 0 Å². The lowest BCUT2D eigenvalue weighted by molar-refractivity contribution is -0.142. The predicted molar refractivity (Wildman–Crippen MR) is 97.3 cm³/mol. The molecule has 2 aromatic carbocycles. The van der Waals surface area contributed by atoms with Crippen LogP contribution in [-0.4, -0.2) is 35.0 Å². The zero-order chi connectivity index (χ0) is 19.1. The molecule has 0 aliphatic carbocycles. The van der Waals surface area contributed by atoms with E-state index in [0.717, 1.165) is 11.6 Å². The monoisotopic (exact) mass is 378 g/mol. The van der Waals surface area contributed by atoms with Crippen molar-refractivity contribution in [1.29, 1.82) is 0 Å². The van der Waals surface area contributed by atoms with E-state index in [2.05, 4.69) is 5.32 Å². The molecule has 0 heterocycles. The number of carboxylic acid groups (broad SMARTS) is 1. The van der Waals surface area contributed by atoms with Crippen LogP contribution in [0.1, 0.15) is 24.1 Å². The highest BCUT2D eigenvalue weighted by Gasteiger charge is 2.25. The number of amides is 1. The van der Waals surface area contributed by atoms with E-state index in [4.69, 9.17) is 11.6 Å². The van der Waals surface area contributed by atoms with Gasteiger partial charge in [-0.3, -0.25) is 9.69 Å². The Labute approximate surface area is 156 Å². The summed E-state index contributed by atoms with van der Waals surface area (Å²) in [5.74, 6) is -2.48. The van der Waals surface area contributed by atoms with Crippen molar-refractivity contribution in [2.45, 2.75) is 19.5 Å². The molecule has 0 saturated carbocycles. The molecule has 0 aliphatic rings. The zero-order valence-electron chi connectivity index (χ0n) is 14.3. The van der Waals surface area contributed by atoms with Gasteiger partial charge in [-0.2, -0.15) is 0 Å². The van der Waals surface area contributed by atoms with Gasteiger partial charge in [-0.25, -0.2) is 9.18 Å². The van der Waals surface area contributed by atoms with Gasteiger partial charge in [-0.1, -0.05) is 48.9 Å². The van der Waals surface area contributed by atoms with Gasteiger partial charge in [0.25, 0.3) is 0 Å². The first-order chi connectivity index (χ1) is 12.4. The summed E-state index contributed by atoms with van der Waals surface area (Å²) in [5.41, 5.74) is 0.905. The Morgan fingerprint density at radius 2 is 1.85 bits per heavy atom. The van der Waals surface area contributed by atoms with Crippen LogP contribution < -0.4 is 5.32 Å². The third-order valence-corrected chi connectivity index (χ3v) is 4.15. The number of hydrogen-bond acceptors (Lipinski definition) is 3. The molecule has 0 bridgehead atoms. The van der Waals surface area contributed by atoms with Crippen LogP contribution >= 0.6 is 11.6 Å². The maximum Gasteiger partial charge on any atom is 0.331 e. The summed E-state index contributed by atoms with van der Waals surface area (Å²) in [7, 11) is 0. The minimum absolute atomic E-state index is 0.00262. The van der Waals surface area contributed by atoms with Gasteiger partial charge >= 0.3 is 5.97 Å². The minimum Gasteiger partial charge on any atom is -0.479 e. The van der Waals surface area contributed by atoms with Gasteiger partial charge in [0.15, 0.2) is 6.04 Å². The summed E-state index contributed by atoms with van der Waals surface area (Å²) in [5, 5.41) is 12.4. The smallest absolute Gasteiger partial charge is 0.331 e. The van der Waals surface area contributed by atoms with E-state index in [1.54, 1.807) is 12.1 Å². The lowest BCUT2D eigenvalue weighted by atomic mass is 10.1. The van der Waals surface area contributed by atoms with Crippen molar-refractivity contribution in [3.05, 3.63) is 70.5 Å². The molecule has 0 unspecified atom stereocenters. The average molecular weight is 379 g/mol. The highest BCUT2D eigenvalue weighted by Crippen LogP contribution is 2.17. The third-order valence-electron chi connectivity index (χ3n) is 3.90. The zero-order valence-corrected chi connectivity index (χ0v) is 15.0. The molecule has 26 heavy (non-hydrogen) atoms. The highest BCUT2D eigenvalue weighted by atomic mass is 35.5. The first kappa shape index (κ1) is 19.9. The van der Waals surface area contributed by atoms with Crippen LogP contribution in [0.25, 0.3) is 0 Å². The van der Waals surface area contributed by atoms with E-state index >= 15 is 0 Å². The van der Waals surface area contributed by atoms with Gasteiger partial charge in [0, 0.05) is 17.1 Å². The van der Waals surface area contributed by atoms with Crippen molar-refractivity contribution < 1.29 is 19.1 Å². The highest BCUT2D eigenvalue weighted by molar-refractivity contribution is 6.30. The molecule has 0 fully saturated rings. The van der Waals surface area contributed by atoms with Crippen LogP contribution in [0.2, 0.25) is 5.02 Å². The quantitative estimate of drug-likeness (QED) is 0.739. The van der Waals surface area contributed by atoms with E-state index < -0.39 is 23.7 Å². The number of benzene rings is 2. The number of hydrogen-bond donors (Lipinski definition) is 2. The Morgan fingerprint density at radius 1 is 1.19 bits per heavy atom. The number of halogens is 2. The molecule has 2 N–H and O–H groups in total. The fraction of sp³-hybridized carbons (Fsp3) is 0.263. The lowest BCUT2D eigenvalue weighted by Crippen LogP contribution is -2.41. The number of rotatable bonds is 8. The summed E-state index contributed by atoms with van der Waals surface area (Å²) >= 11 is 5.86. The molecule has 7 heteroatoms. The van der Waals surface area contributed by atoms with Crippen LogP contribution in [0.4, 0.5) is 4.39 Å². The van der Waals surface area contributed by atoms with E-state index in [-0.39, 0.29) is 12.1 Å². The Kier molecular flexibility index (Phi) is 7.12. The Morgan fingerprint density at radius 3 is 2.42 bits per heavy atom. The molecule has 0 saturated heterocycles. The Bertz CT molecular complexity index is 768. The van der Waals surface area contributed by atoms with Crippen LogP contribution in [-0.2, 0) is 16.1 Å². The van der Waals surface area contributed by atoms with Crippen molar-refractivity contribution in [3.8, 4) is 0 Å². The SMILES string of the molecule is CCN(CC(=O)N[C@H](C(=O)O)c1ccccc1F)Cc1ccc(Cl)cc1. The van der Waals surface area contributed by atoms with Crippen LogP contribution in [0.5, 0.6) is 0 Å². The van der Waals surface area contributed by atoms with E-state index in [1.165, 1.54) is 18.2 Å². The van der Waals surface area contributed by atoms with Crippen LogP contribution in [0, 0.1) is 5.82 Å². The molecule has 2 rings (SSSR count). The number of carboxylic acids is 1. The standard InChI is InChI=1S/C19H20ClFN2O3/c1-2-23(11-13-7-9-14(20)10-8-13)12-17(24)22-18(19(25)26)15-5-3-4-6-16(15)21/h3-10,18H,2,11-12H2,1H3,(H,22,24)(H,25,26)/t18-/m0/s1. The molecular formula is C19H20ClFN2O3. The maximum absolute atomic E-state index is 13.9. The molecule has 2 aromatic rings. The number of nitrogens with one attached hydrogen (secondary N) is 1. The molecule has 1 atom stereocenters. The normalized spacial score (nSPS) is 12.0. The minimum atomic E-state index is -1.43. The van der Waals surface area contributed by atoms with Crippen molar-refractivity contribution in [2.75, 3.05) is 13.1 Å². The first-order valence-electron chi connectivity index (χ1n) is 8.14. The second-order valence-corrected chi connectivity index (χ2v) is 6.23. The van der Waals surface area contributed by atoms with Gasteiger partial charge in [0.05, 0.1) is 6.54 Å². The molecule has 0 aliphatic heterocycles. The van der Waals surface area contributed by atoms with Gasteiger partial charge in [-0.05, 0) is 30.3 Å². The van der Waals surface area contributed by atoms with Gasteiger partial charge in [0.2, 0.25) is 5.91 Å². The summed E-state index contributed by atoms with van der Waals surface area (Å²) in [4.78, 5) is 25.6. The number of carbonyl (C=O) groups excluding carboxylic acids is 1. The van der Waals surface area contributed by atoms with Crippen molar-refractivity contribution in [3.63, 3.8) is 0 Å². The topological polar surface area (TPSA) is 69.6 Å². The Hall–Kier alpha value is -2.44. The average Bonchev–Trinajstić information content (AvgIpc) is 2.61. The van der Waals surface area contributed by atoms with E-state index in [9.17, 15) is 19.1 Å². The van der Waals surface area contributed by atoms with Crippen LogP contribution in [0.15, 0.2) is 48.5 Å². The van der Waals surface area contributed by atoms with Crippen LogP contribution in [0.3, 0.4) is 0 Å². The molecule has 5 nitrogen and oxygen atoms in total. The third kappa shape index (κ3) is 5.54. The Balaban J connectivity index is 2.03. The van der Waals surface area contributed by atoms with E-state index in [0.29, 0.717) is 18.1 Å². The largest absolute Gasteiger partial charge is 0.479 e. The summed E-state index contributed by atoms with van der Waals surface area (Å²) < 4.78 is 13.9. The molecular weight excluding hydrogens is 359 g/mol. The fourth-order valence-electron chi connectivity index (χ4n) is 2.52. The summed E-state index contributed by atoms with van der Waals surface area (Å²) in [6.45, 7) is 3.00. The van der Waals surface area contributed by atoms with Gasteiger partial charge in [0.1, 0.15) is 5.82 Å². The van der Waals surface area contributed by atoms with E-state index in [1.807, 2.05) is 24.0 Å². The van der Waals surface area contributed by atoms with Crippen molar-refractivity contribution in [1.82, 2.24) is 10.2 Å². The maximum atomic E-state index is 13.9. The number of nitrogens with zero attached hydrogens (tertiary/aromatic N) is 1. The molecule has 138 valence electrons.